The largest absolute Gasteiger partial charge is 0.380 e. The zero-order valence-corrected chi connectivity index (χ0v) is 18.1. The average molecular weight is 396 g/mol. The molecule has 1 aromatic heterocycles. The lowest BCUT2D eigenvalue weighted by Gasteiger charge is -2.38. The first-order chi connectivity index (χ1) is 13.9. The van der Waals surface area contributed by atoms with Crippen LogP contribution in [0, 0.1) is 6.92 Å². The van der Waals surface area contributed by atoms with E-state index in [1.165, 1.54) is 22.4 Å². The van der Waals surface area contributed by atoms with E-state index in [9.17, 15) is 0 Å². The molecule has 0 aliphatic carbocycles. The quantitative estimate of drug-likeness (QED) is 0.801. The standard InChI is InChI=1S/C23H33N5O/c1-16-13-18-17(2)15-23(3,4)27-21(18)14-19(16)20-5-6-24-22(26-20)25-7-8-28-9-11-29-12-10-28/h5-6,13-14,17,27H,7-12,15H2,1-4H3,(H,24,25,26). The van der Waals surface area contributed by atoms with Gasteiger partial charge in [0.05, 0.1) is 18.9 Å². The van der Waals surface area contributed by atoms with Crippen LogP contribution in [0.4, 0.5) is 11.6 Å². The number of fused-ring (bicyclic) bond motifs is 1. The molecule has 1 atom stereocenters. The normalized spacial score (nSPS) is 21.3. The van der Waals surface area contributed by atoms with Crippen LogP contribution >= 0.6 is 0 Å². The minimum atomic E-state index is 0.108. The van der Waals surface area contributed by atoms with Crippen LogP contribution in [0.1, 0.15) is 44.2 Å². The predicted octanol–water partition coefficient (Wildman–Crippen LogP) is 3.89. The van der Waals surface area contributed by atoms with E-state index in [0.717, 1.165) is 51.5 Å². The van der Waals surface area contributed by atoms with Gasteiger partial charge < -0.3 is 15.4 Å². The Morgan fingerprint density at radius 3 is 2.86 bits per heavy atom. The monoisotopic (exact) mass is 395 g/mol. The van der Waals surface area contributed by atoms with Gasteiger partial charge in [-0.05, 0) is 56.4 Å². The van der Waals surface area contributed by atoms with Gasteiger partial charge in [0.15, 0.2) is 0 Å². The summed E-state index contributed by atoms with van der Waals surface area (Å²) in [4.78, 5) is 11.6. The van der Waals surface area contributed by atoms with Crippen LogP contribution in [0.5, 0.6) is 0 Å². The van der Waals surface area contributed by atoms with E-state index < -0.39 is 0 Å². The van der Waals surface area contributed by atoms with E-state index in [-0.39, 0.29) is 5.54 Å². The van der Waals surface area contributed by atoms with Gasteiger partial charge in [-0.15, -0.1) is 0 Å². The topological polar surface area (TPSA) is 62.3 Å². The molecule has 2 aliphatic heterocycles. The van der Waals surface area contributed by atoms with Crippen LogP contribution < -0.4 is 10.6 Å². The van der Waals surface area contributed by atoms with Gasteiger partial charge in [0, 0.05) is 49.2 Å². The summed E-state index contributed by atoms with van der Waals surface area (Å²) in [5, 5.41) is 7.10. The maximum atomic E-state index is 5.41. The Labute approximate surface area is 174 Å². The van der Waals surface area contributed by atoms with Gasteiger partial charge in [-0.2, -0.15) is 0 Å². The summed E-state index contributed by atoms with van der Waals surface area (Å²) in [5.41, 5.74) is 6.14. The van der Waals surface area contributed by atoms with Gasteiger partial charge in [0.1, 0.15) is 0 Å². The number of benzene rings is 1. The molecule has 156 valence electrons. The zero-order chi connectivity index (χ0) is 20.4. The number of morpholine rings is 1. The van der Waals surface area contributed by atoms with Crippen molar-refractivity contribution < 1.29 is 4.74 Å². The van der Waals surface area contributed by atoms with Crippen molar-refractivity contribution in [2.75, 3.05) is 50.0 Å². The molecule has 1 aromatic carbocycles. The van der Waals surface area contributed by atoms with Crippen molar-refractivity contribution in [1.82, 2.24) is 14.9 Å². The fourth-order valence-corrected chi connectivity index (χ4v) is 4.56. The highest BCUT2D eigenvalue weighted by Crippen LogP contribution is 2.41. The summed E-state index contributed by atoms with van der Waals surface area (Å²) in [6.07, 6.45) is 2.99. The van der Waals surface area contributed by atoms with Gasteiger partial charge in [-0.25, -0.2) is 9.97 Å². The van der Waals surface area contributed by atoms with Gasteiger partial charge in [0.2, 0.25) is 5.95 Å². The number of aryl methyl sites for hydroxylation is 1. The summed E-state index contributed by atoms with van der Waals surface area (Å²) >= 11 is 0. The minimum Gasteiger partial charge on any atom is -0.380 e. The molecule has 6 nitrogen and oxygen atoms in total. The van der Waals surface area contributed by atoms with E-state index in [4.69, 9.17) is 9.72 Å². The number of hydrogen-bond donors (Lipinski definition) is 2. The van der Waals surface area contributed by atoms with Gasteiger partial charge in [-0.3, -0.25) is 4.90 Å². The third-order valence-corrected chi connectivity index (χ3v) is 5.96. The van der Waals surface area contributed by atoms with Crippen molar-refractivity contribution in [1.29, 1.82) is 0 Å². The molecule has 2 N–H and O–H groups in total. The molecule has 1 saturated heterocycles. The SMILES string of the molecule is Cc1cc2c(cc1-c1ccnc(NCCN3CCOCC3)n1)NC(C)(C)CC2C. The summed E-state index contributed by atoms with van der Waals surface area (Å²) < 4.78 is 5.41. The molecule has 1 unspecified atom stereocenters. The van der Waals surface area contributed by atoms with Gasteiger partial charge >= 0.3 is 0 Å². The van der Waals surface area contributed by atoms with Gasteiger partial charge in [-0.1, -0.05) is 13.0 Å². The summed E-state index contributed by atoms with van der Waals surface area (Å²) in [5.74, 6) is 1.24. The highest BCUT2D eigenvalue weighted by molar-refractivity contribution is 5.73. The molecule has 0 spiro atoms. The molecule has 6 heteroatoms. The van der Waals surface area contributed by atoms with Crippen molar-refractivity contribution in [2.24, 2.45) is 0 Å². The number of anilines is 2. The van der Waals surface area contributed by atoms with E-state index >= 15 is 0 Å². The fourth-order valence-electron chi connectivity index (χ4n) is 4.56. The lowest BCUT2D eigenvalue weighted by atomic mass is 9.80. The summed E-state index contributed by atoms with van der Waals surface area (Å²) in [7, 11) is 0. The molecule has 2 aromatic rings. The number of nitrogens with zero attached hydrogens (tertiary/aromatic N) is 3. The second kappa shape index (κ2) is 8.28. The molecule has 0 amide bonds. The Kier molecular flexibility index (Phi) is 5.74. The van der Waals surface area contributed by atoms with Crippen molar-refractivity contribution in [3.8, 4) is 11.3 Å². The zero-order valence-electron chi connectivity index (χ0n) is 18.1. The fraction of sp³-hybridized carbons (Fsp3) is 0.565. The smallest absolute Gasteiger partial charge is 0.223 e. The van der Waals surface area contributed by atoms with Crippen LogP contribution in [-0.4, -0.2) is 59.8 Å². The highest BCUT2D eigenvalue weighted by Gasteiger charge is 2.29. The molecule has 1 fully saturated rings. The maximum Gasteiger partial charge on any atom is 0.223 e. The van der Waals surface area contributed by atoms with Crippen molar-refractivity contribution >= 4 is 11.6 Å². The van der Waals surface area contributed by atoms with Crippen molar-refractivity contribution in [3.05, 3.63) is 35.5 Å². The highest BCUT2D eigenvalue weighted by atomic mass is 16.5. The Morgan fingerprint density at radius 2 is 2.07 bits per heavy atom. The van der Waals surface area contributed by atoms with Crippen LogP contribution in [-0.2, 0) is 4.74 Å². The number of ether oxygens (including phenoxy) is 1. The second-order valence-electron chi connectivity index (χ2n) is 9.01. The maximum absolute atomic E-state index is 5.41. The third kappa shape index (κ3) is 4.70. The van der Waals surface area contributed by atoms with Crippen molar-refractivity contribution in [2.45, 2.75) is 45.6 Å². The minimum absolute atomic E-state index is 0.108. The molecule has 2 aliphatic rings. The summed E-state index contributed by atoms with van der Waals surface area (Å²) in [6.45, 7) is 14.5. The molecule has 4 rings (SSSR count). The summed E-state index contributed by atoms with van der Waals surface area (Å²) in [6, 6.07) is 6.59. The average Bonchev–Trinajstić information content (AvgIpc) is 2.69. The molecule has 3 heterocycles. The number of aromatic nitrogens is 2. The molecule has 0 bridgehead atoms. The lowest BCUT2D eigenvalue weighted by molar-refractivity contribution is 0.0398. The Bertz CT molecular complexity index is 860. The second-order valence-corrected chi connectivity index (χ2v) is 9.01. The van der Waals surface area contributed by atoms with Crippen LogP contribution in [0.25, 0.3) is 11.3 Å². The van der Waals surface area contributed by atoms with E-state index in [0.29, 0.717) is 11.9 Å². The Hall–Kier alpha value is -2.18. The number of nitrogens with one attached hydrogen (secondary N) is 2. The molecule has 0 saturated carbocycles. The van der Waals surface area contributed by atoms with E-state index in [2.05, 4.69) is 60.3 Å². The molecule has 0 radical (unpaired) electrons. The first kappa shape index (κ1) is 20.1. The lowest BCUT2D eigenvalue weighted by Crippen LogP contribution is -2.39. The van der Waals surface area contributed by atoms with E-state index in [1.54, 1.807) is 0 Å². The van der Waals surface area contributed by atoms with Gasteiger partial charge in [0.25, 0.3) is 0 Å². The van der Waals surface area contributed by atoms with Crippen molar-refractivity contribution in [3.63, 3.8) is 0 Å². The van der Waals surface area contributed by atoms with Crippen LogP contribution in [0.2, 0.25) is 0 Å². The first-order valence-corrected chi connectivity index (χ1v) is 10.7. The molecular weight excluding hydrogens is 362 g/mol. The van der Waals surface area contributed by atoms with E-state index in [1.807, 2.05) is 12.3 Å². The number of hydrogen-bond acceptors (Lipinski definition) is 6. The molecule has 29 heavy (non-hydrogen) atoms. The Balaban J connectivity index is 1.50. The van der Waals surface area contributed by atoms with Crippen LogP contribution in [0.3, 0.4) is 0 Å². The van der Waals surface area contributed by atoms with Crippen LogP contribution in [0.15, 0.2) is 24.4 Å². The Morgan fingerprint density at radius 1 is 1.28 bits per heavy atom. The predicted molar refractivity (Wildman–Crippen MR) is 119 cm³/mol. The molecular formula is C23H33N5O. The number of rotatable bonds is 5. The third-order valence-electron chi connectivity index (χ3n) is 5.96. The first-order valence-electron chi connectivity index (χ1n) is 10.7.